The van der Waals surface area contributed by atoms with Crippen molar-refractivity contribution in [1.82, 2.24) is 39.9 Å². The molecule has 100 heavy (non-hydrogen) atoms. The molecule has 0 atom stereocenters. The van der Waals surface area contributed by atoms with E-state index in [1.807, 2.05) is 194 Å². The van der Waals surface area contributed by atoms with Gasteiger partial charge in [-0.3, -0.25) is 0 Å². The first-order valence-corrected chi connectivity index (χ1v) is 32.9. The van der Waals surface area contributed by atoms with Crippen LogP contribution >= 0.6 is 0 Å². The molecular weight excluding hydrogens is 1250 g/mol. The van der Waals surface area contributed by atoms with Crippen LogP contribution in [0.25, 0.3) is 44.1 Å². The van der Waals surface area contributed by atoms with E-state index in [4.69, 9.17) is 77.8 Å². The Labute approximate surface area is 569 Å². The topological polar surface area (TPSA) is 177 Å². The largest absolute Gasteiger partial charge is 0.434 e. The van der Waals surface area contributed by atoms with Gasteiger partial charge in [-0.2, -0.15) is 0 Å². The van der Waals surface area contributed by atoms with Crippen LogP contribution in [0.5, 0.6) is 93.0 Å². The molecule has 8 heterocycles. The van der Waals surface area contributed by atoms with Crippen LogP contribution in [0, 0.1) is 0 Å². The Balaban J connectivity index is 0.986. The van der Waals surface area contributed by atoms with E-state index in [9.17, 15) is 0 Å². The van der Waals surface area contributed by atoms with Gasteiger partial charge in [0.05, 0.1) is 44.1 Å². The number of aromatic nitrogens is 8. The molecule has 12 aromatic carbocycles. The van der Waals surface area contributed by atoms with Gasteiger partial charge in [-0.15, -0.1) is 0 Å². The van der Waals surface area contributed by atoms with Crippen LogP contribution < -0.4 is 37.9 Å². The highest BCUT2D eigenvalue weighted by Gasteiger charge is 2.41. The van der Waals surface area contributed by atoms with Crippen LogP contribution in [-0.4, -0.2) is 39.9 Å². The zero-order valence-electron chi connectivity index (χ0n) is 52.6. The lowest BCUT2D eigenvalue weighted by atomic mass is 9.75. The molecule has 21 rings (SSSR count). The maximum atomic E-state index is 7.45. The number of nitrogens with zero attached hydrogens (tertiary/aromatic N) is 8. The molecule has 16 nitrogen and oxygen atoms in total. The van der Waals surface area contributed by atoms with Gasteiger partial charge in [0.15, 0.2) is 0 Å². The van der Waals surface area contributed by atoms with Crippen LogP contribution in [-0.2, 0) is 0 Å². The molecule has 16 aromatic rings. The van der Waals surface area contributed by atoms with Crippen LogP contribution in [0.4, 0.5) is 0 Å². The van der Waals surface area contributed by atoms with E-state index in [1.165, 1.54) is 0 Å². The van der Waals surface area contributed by atoms with Crippen molar-refractivity contribution in [1.29, 1.82) is 0 Å². The molecule has 0 spiro atoms. The van der Waals surface area contributed by atoms with Crippen molar-refractivity contribution in [2.45, 2.75) is 23.7 Å². The SMILES string of the molecule is c1ccc(C2c3cc4c5cc3Oc3nc6ccccc6nc3Oc3cc6c(cc32)C(c2ccccc2)c2cc3c(cc2Oc2nc7ccccc7nc2O6)Oc2nc6ccccc6nc2Oc2cc(c(cc2C3c2ccccc2)C4c2ccccc2)Oc2nc3ccccc3nc2O5)cc1. The Morgan fingerprint density at radius 2 is 0.300 bits per heavy atom. The van der Waals surface area contributed by atoms with E-state index in [-0.39, 0.29) is 47.0 Å². The summed E-state index contributed by atoms with van der Waals surface area (Å²) in [5, 5.41) is 0. The normalized spacial score (nSPS) is 16.2. The van der Waals surface area contributed by atoms with E-state index in [1.54, 1.807) is 0 Å². The molecule has 4 aromatic heterocycles. The standard InChI is InChI=1S/C84H48N8O8/c1-5-21-45(22-6-1)73-49-37-51-67-41-65(49)93-77-78(86-58-30-14-13-29-57(58)85-77)94-66-42-68-52(38-50(66)73)75(47-25-9-3-10-26-47)54-40-56-72(44-70(54)98-82-80(96-68)88-60-32-16-18-34-62(60)90-82)100-84-83(91-63-35-19-20-36-64(63)92-84)99-71-43-69(97-81-79(95-67)87-59-31-15-17-33-61(59)89-81)53(74(51)46-23-7-2-8-24-46)39-55(71)76(56)48-27-11-4-12-28-48/h1-44,73-76H. The number of ether oxygens (including phenoxy) is 8. The highest BCUT2D eigenvalue weighted by atomic mass is 16.6. The lowest BCUT2D eigenvalue weighted by Crippen LogP contribution is -2.14. The molecule has 5 aliphatic rings. The van der Waals surface area contributed by atoms with Crippen LogP contribution in [0.2, 0.25) is 0 Å². The predicted octanol–water partition coefficient (Wildman–Crippen LogP) is 20.1. The number of rotatable bonds is 4. The lowest BCUT2D eigenvalue weighted by Gasteiger charge is -2.30. The first-order chi connectivity index (χ1) is 49.5. The molecule has 0 N–H and O–H groups in total. The van der Waals surface area contributed by atoms with Crippen molar-refractivity contribution < 1.29 is 37.9 Å². The first-order valence-electron chi connectivity index (χ1n) is 32.9. The summed E-state index contributed by atoms with van der Waals surface area (Å²) in [6.45, 7) is 0. The summed E-state index contributed by atoms with van der Waals surface area (Å²) < 4.78 is 59.6. The van der Waals surface area contributed by atoms with Gasteiger partial charge in [0.2, 0.25) is 0 Å². The maximum absolute atomic E-state index is 7.45. The molecule has 0 amide bonds. The van der Waals surface area contributed by atoms with Gasteiger partial charge < -0.3 is 37.9 Å². The second-order valence-electron chi connectivity index (χ2n) is 25.2. The highest BCUT2D eigenvalue weighted by Crippen LogP contribution is 2.60. The monoisotopic (exact) mass is 1300 g/mol. The number of hydrogen-bond donors (Lipinski definition) is 0. The molecule has 0 radical (unpaired) electrons. The summed E-state index contributed by atoms with van der Waals surface area (Å²) >= 11 is 0. The molecule has 0 saturated heterocycles. The van der Waals surface area contributed by atoms with E-state index in [0.717, 1.165) is 66.8 Å². The summed E-state index contributed by atoms with van der Waals surface area (Å²) in [6.07, 6.45) is 0. The Kier molecular flexibility index (Phi) is 12.2. The third kappa shape index (κ3) is 9.07. The van der Waals surface area contributed by atoms with E-state index in [2.05, 4.69) is 72.8 Å². The van der Waals surface area contributed by atoms with Gasteiger partial charge in [0.25, 0.3) is 47.0 Å². The summed E-state index contributed by atoms with van der Waals surface area (Å²) in [5.74, 6) is 1.12. The fourth-order valence-electron chi connectivity index (χ4n) is 14.8. The van der Waals surface area contributed by atoms with Gasteiger partial charge in [-0.05, 0) is 95.1 Å². The minimum Gasteiger partial charge on any atom is -0.434 e. The number of para-hydroxylation sites is 8. The Morgan fingerprint density at radius 3 is 0.450 bits per heavy atom. The van der Waals surface area contributed by atoms with Gasteiger partial charge >= 0.3 is 0 Å². The van der Waals surface area contributed by atoms with Gasteiger partial charge in [-0.25, -0.2) is 39.9 Å². The molecule has 472 valence electrons. The second kappa shape index (κ2) is 22.0. The quantitative estimate of drug-likeness (QED) is 0.162. The van der Waals surface area contributed by atoms with Crippen LogP contribution in [0.3, 0.4) is 0 Å². The molecular formula is C84H48N8O8. The zero-order valence-corrected chi connectivity index (χ0v) is 52.6. The fraction of sp³-hybridized carbons (Fsp3) is 0.0476. The van der Waals surface area contributed by atoms with E-state index >= 15 is 0 Å². The van der Waals surface area contributed by atoms with Crippen molar-refractivity contribution in [3.05, 3.63) is 334 Å². The highest BCUT2D eigenvalue weighted by molar-refractivity contribution is 5.81. The molecule has 0 saturated carbocycles. The lowest BCUT2D eigenvalue weighted by molar-refractivity contribution is 0.377. The van der Waals surface area contributed by atoms with Gasteiger partial charge in [0.1, 0.15) is 46.0 Å². The summed E-state index contributed by atoms with van der Waals surface area (Å²) in [4.78, 5) is 41.9. The average molecular weight is 1300 g/mol. The third-order valence-electron chi connectivity index (χ3n) is 19.3. The molecule has 8 bridgehead atoms. The zero-order chi connectivity index (χ0) is 65.5. The predicted molar refractivity (Wildman–Crippen MR) is 374 cm³/mol. The molecule has 4 aliphatic heterocycles. The Morgan fingerprint density at radius 1 is 0.160 bits per heavy atom. The summed E-state index contributed by atoms with van der Waals surface area (Å²) in [5.41, 5.74) is 14.1. The molecule has 1 aliphatic carbocycles. The molecule has 16 heteroatoms. The fourth-order valence-corrected chi connectivity index (χ4v) is 14.8. The van der Waals surface area contributed by atoms with Crippen molar-refractivity contribution >= 4 is 44.1 Å². The smallest absolute Gasteiger partial charge is 0.284 e. The van der Waals surface area contributed by atoms with Crippen molar-refractivity contribution in [3.63, 3.8) is 0 Å². The van der Waals surface area contributed by atoms with Crippen molar-refractivity contribution in [2.75, 3.05) is 0 Å². The summed E-state index contributed by atoms with van der Waals surface area (Å²) in [7, 11) is 0. The summed E-state index contributed by atoms with van der Waals surface area (Å²) in [6, 6.07) is 88.6. The number of fused-ring (bicyclic) bond motifs is 8. The minimum absolute atomic E-state index is 0.0972. The maximum Gasteiger partial charge on any atom is 0.284 e. The van der Waals surface area contributed by atoms with Crippen molar-refractivity contribution in [2.24, 2.45) is 0 Å². The Hall–Kier alpha value is -13.6. The van der Waals surface area contributed by atoms with Gasteiger partial charge in [-0.1, -0.05) is 170 Å². The Bertz CT molecular complexity index is 5100. The van der Waals surface area contributed by atoms with Crippen LogP contribution in [0.15, 0.2) is 267 Å². The van der Waals surface area contributed by atoms with Crippen molar-refractivity contribution in [3.8, 4) is 93.0 Å². The average Bonchev–Trinajstić information content (AvgIpc) is 1.47. The van der Waals surface area contributed by atoms with Gasteiger partial charge in [0, 0.05) is 92.4 Å². The minimum atomic E-state index is -0.701. The third-order valence-corrected chi connectivity index (χ3v) is 19.3. The first kappa shape index (κ1) is 55.7. The number of benzene rings is 12. The molecule has 0 unspecified atom stereocenters. The van der Waals surface area contributed by atoms with E-state index in [0.29, 0.717) is 90.1 Å². The second-order valence-corrected chi connectivity index (χ2v) is 25.2. The molecule has 0 fully saturated rings. The van der Waals surface area contributed by atoms with E-state index < -0.39 is 23.7 Å². The number of hydrogen-bond acceptors (Lipinski definition) is 16. The van der Waals surface area contributed by atoms with Crippen LogP contribution in [0.1, 0.15) is 90.4 Å².